The van der Waals surface area contributed by atoms with Gasteiger partial charge in [-0.25, -0.2) is 15.4 Å². The number of hydrazine groups is 1. The van der Waals surface area contributed by atoms with Crippen molar-refractivity contribution in [1.82, 2.24) is 9.55 Å². The molecular weight excluding hydrogens is 364 g/mol. The average molecular weight is 386 g/mol. The van der Waals surface area contributed by atoms with Crippen molar-refractivity contribution >= 4 is 27.5 Å². The van der Waals surface area contributed by atoms with Gasteiger partial charge in [-0.3, -0.25) is 10.2 Å². The fourth-order valence-electron chi connectivity index (χ4n) is 3.42. The molecule has 2 aromatic heterocycles. The van der Waals surface area contributed by atoms with Gasteiger partial charge in [0.05, 0.1) is 30.9 Å². The molecule has 8 heteroatoms. The molecule has 0 fully saturated rings. The molecular formula is C19H22N4O3S. The number of benzene rings is 1. The molecule has 3 heterocycles. The molecule has 1 atom stereocenters. The molecule has 0 amide bonds. The number of thiophene rings is 1. The van der Waals surface area contributed by atoms with Crippen LogP contribution in [0.1, 0.15) is 24.3 Å². The lowest BCUT2D eigenvalue weighted by atomic mass is 9.96. The number of aromatic nitrogens is 2. The van der Waals surface area contributed by atoms with Crippen molar-refractivity contribution in [3.63, 3.8) is 0 Å². The van der Waals surface area contributed by atoms with Crippen LogP contribution in [0.4, 0.5) is 5.95 Å². The first-order valence-corrected chi connectivity index (χ1v) is 9.65. The molecule has 1 aliphatic rings. The number of rotatable bonds is 4. The van der Waals surface area contributed by atoms with E-state index in [4.69, 9.17) is 15.3 Å². The lowest BCUT2D eigenvalue weighted by molar-refractivity contribution is 0.00200. The second-order valence-corrected chi connectivity index (χ2v) is 7.98. The normalized spacial score (nSPS) is 16.6. The zero-order chi connectivity index (χ0) is 19.1. The molecule has 142 valence electrons. The van der Waals surface area contributed by atoms with Crippen LogP contribution in [0.5, 0.6) is 5.75 Å². The number of ether oxygens (including phenoxy) is 2. The number of nitrogen functional groups attached to an aromatic ring is 1. The maximum Gasteiger partial charge on any atom is 0.268 e. The molecule has 7 nitrogen and oxygen atoms in total. The van der Waals surface area contributed by atoms with E-state index in [1.165, 1.54) is 15.9 Å². The number of methoxy groups -OCH3 is 1. The second-order valence-electron chi connectivity index (χ2n) is 6.90. The van der Waals surface area contributed by atoms with Gasteiger partial charge < -0.3 is 9.47 Å². The molecule has 3 aromatic rings. The van der Waals surface area contributed by atoms with Crippen LogP contribution in [0.25, 0.3) is 15.9 Å². The summed E-state index contributed by atoms with van der Waals surface area (Å²) in [5.41, 5.74) is 4.17. The van der Waals surface area contributed by atoms with Crippen LogP contribution in [-0.2, 0) is 17.8 Å². The Morgan fingerprint density at radius 1 is 1.37 bits per heavy atom. The van der Waals surface area contributed by atoms with E-state index in [0.717, 1.165) is 16.9 Å². The Morgan fingerprint density at radius 3 is 2.74 bits per heavy atom. The first kappa shape index (κ1) is 18.0. The number of nitrogens with one attached hydrogen (secondary N) is 1. The molecule has 0 saturated heterocycles. The van der Waals surface area contributed by atoms with Crippen LogP contribution in [0.3, 0.4) is 0 Å². The number of hydrogen-bond donors (Lipinski definition) is 2. The van der Waals surface area contributed by atoms with E-state index in [-0.39, 0.29) is 11.7 Å². The molecule has 1 aliphatic heterocycles. The van der Waals surface area contributed by atoms with E-state index in [0.29, 0.717) is 40.1 Å². The van der Waals surface area contributed by atoms with Crippen LogP contribution < -0.4 is 21.6 Å². The first-order chi connectivity index (χ1) is 13.0. The number of fused-ring (bicyclic) bond motifs is 3. The van der Waals surface area contributed by atoms with Gasteiger partial charge in [0.1, 0.15) is 10.6 Å². The van der Waals surface area contributed by atoms with E-state index < -0.39 is 0 Å². The van der Waals surface area contributed by atoms with Crippen molar-refractivity contribution in [3.05, 3.63) is 45.1 Å². The van der Waals surface area contributed by atoms with Gasteiger partial charge >= 0.3 is 0 Å². The lowest BCUT2D eigenvalue weighted by Gasteiger charge is -2.26. The summed E-state index contributed by atoms with van der Waals surface area (Å²) in [6.07, 6.45) is 0.832. The third-order valence-electron chi connectivity index (χ3n) is 4.95. The van der Waals surface area contributed by atoms with E-state index in [2.05, 4.69) is 24.3 Å². The summed E-state index contributed by atoms with van der Waals surface area (Å²) in [5.74, 6) is 7.07. The van der Waals surface area contributed by atoms with Crippen LogP contribution in [0, 0.1) is 5.92 Å². The Labute approximate surface area is 160 Å². The van der Waals surface area contributed by atoms with Crippen molar-refractivity contribution in [2.24, 2.45) is 11.8 Å². The standard InChI is InChI=1S/C19H22N4O3S/c1-10(2)14-8-13-15(9-26-14)27-17-16(13)18(24)23(19(21-17)22-20)11-4-6-12(25-3)7-5-11/h4-7,10,14H,8-9,20H2,1-3H3,(H,21,22)/t14-/m1/s1. The van der Waals surface area contributed by atoms with Gasteiger partial charge in [-0.2, -0.15) is 0 Å². The summed E-state index contributed by atoms with van der Waals surface area (Å²) in [6.45, 7) is 4.79. The summed E-state index contributed by atoms with van der Waals surface area (Å²) in [7, 11) is 1.60. The van der Waals surface area contributed by atoms with Gasteiger partial charge in [-0.15, -0.1) is 11.3 Å². The number of nitrogens with two attached hydrogens (primary N) is 1. The highest BCUT2D eigenvalue weighted by Gasteiger charge is 2.28. The predicted octanol–water partition coefficient (Wildman–Crippen LogP) is 2.84. The quantitative estimate of drug-likeness (QED) is 0.529. The number of anilines is 1. The van der Waals surface area contributed by atoms with Gasteiger partial charge in [0.25, 0.3) is 5.56 Å². The maximum absolute atomic E-state index is 13.4. The van der Waals surface area contributed by atoms with E-state index in [1.807, 2.05) is 12.1 Å². The fourth-order valence-corrected chi connectivity index (χ4v) is 4.54. The number of nitrogens with zero attached hydrogens (tertiary/aromatic N) is 2. The summed E-state index contributed by atoms with van der Waals surface area (Å²) in [4.78, 5) is 19.8. The molecule has 0 saturated carbocycles. The first-order valence-electron chi connectivity index (χ1n) is 8.83. The van der Waals surface area contributed by atoms with Crippen molar-refractivity contribution in [2.45, 2.75) is 33.0 Å². The minimum absolute atomic E-state index is 0.108. The molecule has 0 aliphatic carbocycles. The summed E-state index contributed by atoms with van der Waals surface area (Å²) < 4.78 is 12.7. The zero-order valence-electron chi connectivity index (χ0n) is 15.5. The minimum atomic E-state index is -0.125. The molecule has 0 bridgehead atoms. The third-order valence-corrected chi connectivity index (χ3v) is 6.04. The monoisotopic (exact) mass is 386 g/mol. The predicted molar refractivity (Wildman–Crippen MR) is 107 cm³/mol. The molecule has 3 N–H and O–H groups in total. The molecule has 0 radical (unpaired) electrons. The summed E-state index contributed by atoms with van der Waals surface area (Å²) in [6, 6.07) is 7.23. The zero-order valence-corrected chi connectivity index (χ0v) is 16.3. The fraction of sp³-hybridized carbons (Fsp3) is 0.368. The molecule has 27 heavy (non-hydrogen) atoms. The molecule has 1 aromatic carbocycles. The highest BCUT2D eigenvalue weighted by atomic mass is 32.1. The number of hydrogen-bond acceptors (Lipinski definition) is 7. The Hall–Kier alpha value is -2.42. The van der Waals surface area contributed by atoms with Gasteiger partial charge in [-0.1, -0.05) is 13.8 Å². The van der Waals surface area contributed by atoms with E-state index in [1.54, 1.807) is 19.2 Å². The topological polar surface area (TPSA) is 91.4 Å². The SMILES string of the molecule is COc1ccc(-n2c(NN)nc3sc4c(c3c2=O)C[C@H](C(C)C)OC4)cc1. The maximum atomic E-state index is 13.4. The van der Waals surface area contributed by atoms with Crippen molar-refractivity contribution < 1.29 is 9.47 Å². The minimum Gasteiger partial charge on any atom is -0.497 e. The van der Waals surface area contributed by atoms with Gasteiger partial charge in [0.2, 0.25) is 5.95 Å². The van der Waals surface area contributed by atoms with E-state index in [9.17, 15) is 4.79 Å². The van der Waals surface area contributed by atoms with Crippen molar-refractivity contribution in [2.75, 3.05) is 12.5 Å². The Balaban J connectivity index is 1.93. The summed E-state index contributed by atoms with van der Waals surface area (Å²) >= 11 is 1.50. The van der Waals surface area contributed by atoms with Crippen LogP contribution >= 0.6 is 11.3 Å². The highest BCUT2D eigenvalue weighted by Crippen LogP contribution is 2.35. The molecule has 4 rings (SSSR count). The average Bonchev–Trinajstić information content (AvgIpc) is 3.05. The van der Waals surface area contributed by atoms with E-state index >= 15 is 0 Å². The smallest absolute Gasteiger partial charge is 0.268 e. The van der Waals surface area contributed by atoms with Gasteiger partial charge in [0.15, 0.2) is 0 Å². The second kappa shape index (κ2) is 6.95. The Kier molecular flexibility index (Phi) is 4.63. The Bertz CT molecular complexity index is 1040. The largest absolute Gasteiger partial charge is 0.497 e. The van der Waals surface area contributed by atoms with Gasteiger partial charge in [-0.05, 0) is 35.7 Å². The third kappa shape index (κ3) is 2.99. The Morgan fingerprint density at radius 2 is 2.11 bits per heavy atom. The highest BCUT2D eigenvalue weighted by molar-refractivity contribution is 7.18. The summed E-state index contributed by atoms with van der Waals surface area (Å²) in [5, 5.41) is 0.666. The van der Waals surface area contributed by atoms with Crippen molar-refractivity contribution in [1.29, 1.82) is 0 Å². The van der Waals surface area contributed by atoms with Crippen LogP contribution in [-0.4, -0.2) is 22.8 Å². The van der Waals surface area contributed by atoms with Gasteiger partial charge in [0, 0.05) is 11.3 Å². The molecule has 0 unspecified atom stereocenters. The van der Waals surface area contributed by atoms with Crippen LogP contribution in [0.15, 0.2) is 29.1 Å². The molecule has 0 spiro atoms. The lowest BCUT2D eigenvalue weighted by Crippen LogP contribution is -2.29. The van der Waals surface area contributed by atoms with Crippen LogP contribution in [0.2, 0.25) is 0 Å². The van der Waals surface area contributed by atoms with Crippen molar-refractivity contribution in [3.8, 4) is 11.4 Å².